The Kier molecular flexibility index (Phi) is 3.24. The molecule has 0 amide bonds. The molecule has 2 aromatic carbocycles. The predicted octanol–water partition coefficient (Wildman–Crippen LogP) is 4.78. The average Bonchev–Trinajstić information content (AvgIpc) is 2.39. The van der Waals surface area contributed by atoms with Gasteiger partial charge in [-0.2, -0.15) is 0 Å². The molecule has 17 heavy (non-hydrogen) atoms. The number of hydrogen-bond donors (Lipinski definition) is 0. The third-order valence-electron chi connectivity index (χ3n) is 2.85. The lowest BCUT2D eigenvalue weighted by Gasteiger charge is -2.07. The van der Waals surface area contributed by atoms with Crippen LogP contribution in [0, 0.1) is 0 Å². The lowest BCUT2D eigenvalue weighted by atomic mass is 9.97. The quantitative estimate of drug-likeness (QED) is 0.698. The molecule has 0 radical (unpaired) electrons. The highest BCUT2D eigenvalue weighted by Crippen LogP contribution is 2.22. The highest BCUT2D eigenvalue weighted by molar-refractivity contribution is 5.78. The van der Waals surface area contributed by atoms with Gasteiger partial charge in [-0.05, 0) is 29.2 Å². The molecule has 0 heterocycles. The van der Waals surface area contributed by atoms with Crippen LogP contribution >= 0.6 is 0 Å². The molecule has 2 aromatic rings. The van der Waals surface area contributed by atoms with Gasteiger partial charge in [-0.15, -0.1) is 0 Å². The van der Waals surface area contributed by atoms with Crippen molar-refractivity contribution in [2.45, 2.75) is 6.92 Å². The second kappa shape index (κ2) is 4.84. The van der Waals surface area contributed by atoms with Crippen LogP contribution in [0.3, 0.4) is 0 Å². The van der Waals surface area contributed by atoms with Gasteiger partial charge in [0, 0.05) is 0 Å². The average molecular weight is 220 g/mol. The van der Waals surface area contributed by atoms with Gasteiger partial charge in [0.2, 0.25) is 0 Å². The summed E-state index contributed by atoms with van der Waals surface area (Å²) in [4.78, 5) is 0. The summed E-state index contributed by atoms with van der Waals surface area (Å²) in [5.41, 5.74) is 5.63. The Morgan fingerprint density at radius 2 is 1.18 bits per heavy atom. The molecule has 0 aromatic heterocycles. The number of allylic oxidation sites excluding steroid dienone is 1. The van der Waals surface area contributed by atoms with Gasteiger partial charge in [-0.3, -0.25) is 0 Å². The lowest BCUT2D eigenvalue weighted by molar-refractivity contribution is 1.52. The van der Waals surface area contributed by atoms with Gasteiger partial charge in [0.1, 0.15) is 0 Å². The third-order valence-corrected chi connectivity index (χ3v) is 2.85. The van der Waals surface area contributed by atoms with E-state index in [4.69, 9.17) is 0 Å². The van der Waals surface area contributed by atoms with E-state index in [2.05, 4.69) is 49.6 Å². The fraction of sp³-hybridized carbons (Fsp3) is 0.0588. The van der Waals surface area contributed by atoms with Crippen LogP contribution in [0.15, 0.2) is 67.8 Å². The molecule has 0 saturated heterocycles. The van der Waals surface area contributed by atoms with Crippen LogP contribution in [0.4, 0.5) is 0 Å². The van der Waals surface area contributed by atoms with Crippen molar-refractivity contribution in [2.24, 2.45) is 0 Å². The minimum Gasteiger partial charge on any atom is -0.0955 e. The van der Waals surface area contributed by atoms with E-state index >= 15 is 0 Å². The molecular formula is C17H16. The Hall–Kier alpha value is -2.08. The molecule has 2 rings (SSSR count). The van der Waals surface area contributed by atoms with E-state index in [1.807, 2.05) is 25.1 Å². The van der Waals surface area contributed by atoms with Gasteiger partial charge in [0.15, 0.2) is 0 Å². The molecule has 0 saturated carbocycles. The zero-order chi connectivity index (χ0) is 12.3. The summed E-state index contributed by atoms with van der Waals surface area (Å²) in [7, 11) is 0. The molecule has 0 bridgehead atoms. The Balaban J connectivity index is 2.30. The molecule has 0 fully saturated rings. The number of benzene rings is 2. The van der Waals surface area contributed by atoms with Crippen molar-refractivity contribution in [3.63, 3.8) is 0 Å². The van der Waals surface area contributed by atoms with Crippen molar-refractivity contribution in [1.82, 2.24) is 0 Å². The Morgan fingerprint density at radius 3 is 1.71 bits per heavy atom. The van der Waals surface area contributed by atoms with E-state index in [1.165, 1.54) is 5.56 Å². The molecule has 84 valence electrons. The SMILES string of the molecule is C=C(C)c1ccc(C(=C)c2ccccc2)cc1. The van der Waals surface area contributed by atoms with Gasteiger partial charge in [-0.25, -0.2) is 0 Å². The van der Waals surface area contributed by atoms with E-state index in [9.17, 15) is 0 Å². The van der Waals surface area contributed by atoms with E-state index < -0.39 is 0 Å². The first-order valence-electron chi connectivity index (χ1n) is 5.69. The second-order valence-electron chi connectivity index (χ2n) is 4.20. The van der Waals surface area contributed by atoms with E-state index in [0.717, 1.165) is 22.3 Å². The van der Waals surface area contributed by atoms with E-state index in [1.54, 1.807) is 0 Å². The molecule has 0 heteroatoms. The van der Waals surface area contributed by atoms with Crippen LogP contribution in [0.25, 0.3) is 11.1 Å². The predicted molar refractivity (Wildman–Crippen MR) is 75.7 cm³/mol. The Labute approximate surface area is 103 Å². The maximum Gasteiger partial charge on any atom is -0.0183 e. The normalized spacial score (nSPS) is 9.94. The van der Waals surface area contributed by atoms with Crippen LogP contribution < -0.4 is 0 Å². The monoisotopic (exact) mass is 220 g/mol. The fourth-order valence-electron chi connectivity index (χ4n) is 1.76. The number of hydrogen-bond acceptors (Lipinski definition) is 0. The van der Waals surface area contributed by atoms with E-state index in [0.29, 0.717) is 0 Å². The molecule has 0 aliphatic rings. The smallest absolute Gasteiger partial charge is 0.0183 e. The topological polar surface area (TPSA) is 0 Å². The molecular weight excluding hydrogens is 204 g/mol. The van der Waals surface area contributed by atoms with Gasteiger partial charge >= 0.3 is 0 Å². The van der Waals surface area contributed by atoms with Gasteiger partial charge < -0.3 is 0 Å². The molecule has 0 N–H and O–H groups in total. The highest BCUT2D eigenvalue weighted by Gasteiger charge is 2.01. The molecule has 0 aliphatic heterocycles. The van der Waals surface area contributed by atoms with Crippen LogP contribution in [0.5, 0.6) is 0 Å². The van der Waals surface area contributed by atoms with Crippen LogP contribution in [-0.4, -0.2) is 0 Å². The molecule has 0 unspecified atom stereocenters. The van der Waals surface area contributed by atoms with Crippen molar-refractivity contribution in [3.05, 3.63) is 84.4 Å². The Morgan fingerprint density at radius 1 is 0.706 bits per heavy atom. The fourth-order valence-corrected chi connectivity index (χ4v) is 1.76. The summed E-state index contributed by atoms with van der Waals surface area (Å²) in [6.45, 7) is 10.1. The minimum atomic E-state index is 1.05. The maximum atomic E-state index is 4.15. The molecule has 0 atom stereocenters. The zero-order valence-corrected chi connectivity index (χ0v) is 10.1. The van der Waals surface area contributed by atoms with Gasteiger partial charge in [0.25, 0.3) is 0 Å². The lowest BCUT2D eigenvalue weighted by Crippen LogP contribution is -1.86. The molecule has 0 aliphatic carbocycles. The van der Waals surface area contributed by atoms with Crippen LogP contribution in [-0.2, 0) is 0 Å². The van der Waals surface area contributed by atoms with Crippen LogP contribution in [0.2, 0.25) is 0 Å². The largest absolute Gasteiger partial charge is 0.0955 e. The second-order valence-corrected chi connectivity index (χ2v) is 4.20. The van der Waals surface area contributed by atoms with Crippen molar-refractivity contribution in [1.29, 1.82) is 0 Å². The first kappa shape index (κ1) is 11.4. The molecule has 0 spiro atoms. The summed E-state index contributed by atoms with van der Waals surface area (Å²) in [6, 6.07) is 18.6. The zero-order valence-electron chi connectivity index (χ0n) is 10.1. The van der Waals surface area contributed by atoms with Crippen molar-refractivity contribution < 1.29 is 0 Å². The standard InChI is InChI=1S/C17H16/c1-13(2)15-9-11-17(12-10-15)14(3)16-7-5-4-6-8-16/h4-12H,1,3H2,2H3. The summed E-state index contributed by atoms with van der Waals surface area (Å²) < 4.78 is 0. The summed E-state index contributed by atoms with van der Waals surface area (Å²) in [5.74, 6) is 0. The summed E-state index contributed by atoms with van der Waals surface area (Å²) in [6.07, 6.45) is 0. The van der Waals surface area contributed by atoms with Crippen molar-refractivity contribution in [3.8, 4) is 0 Å². The first-order valence-corrected chi connectivity index (χ1v) is 5.69. The van der Waals surface area contributed by atoms with Gasteiger partial charge in [0.05, 0.1) is 0 Å². The van der Waals surface area contributed by atoms with Gasteiger partial charge in [-0.1, -0.05) is 73.3 Å². The Bertz CT molecular complexity index is 530. The van der Waals surface area contributed by atoms with E-state index in [-0.39, 0.29) is 0 Å². The van der Waals surface area contributed by atoms with Crippen LogP contribution in [0.1, 0.15) is 23.6 Å². The third kappa shape index (κ3) is 2.54. The first-order chi connectivity index (χ1) is 8.18. The number of rotatable bonds is 3. The summed E-state index contributed by atoms with van der Waals surface area (Å²) in [5, 5.41) is 0. The summed E-state index contributed by atoms with van der Waals surface area (Å²) >= 11 is 0. The highest BCUT2D eigenvalue weighted by atomic mass is 14.1. The minimum absolute atomic E-state index is 1.05. The maximum absolute atomic E-state index is 4.15. The molecule has 0 nitrogen and oxygen atoms in total. The van der Waals surface area contributed by atoms with Crippen molar-refractivity contribution in [2.75, 3.05) is 0 Å². The van der Waals surface area contributed by atoms with Crippen molar-refractivity contribution >= 4 is 11.1 Å².